The minimum atomic E-state index is -0.772. The van der Waals surface area contributed by atoms with Gasteiger partial charge in [0.15, 0.2) is 0 Å². The lowest BCUT2D eigenvalue weighted by Crippen LogP contribution is -2.07. The van der Waals surface area contributed by atoms with Gasteiger partial charge in [0, 0.05) is 12.8 Å². The van der Waals surface area contributed by atoms with Crippen molar-refractivity contribution in [1.82, 2.24) is 0 Å². The zero-order valence-corrected chi connectivity index (χ0v) is 38.3. The van der Waals surface area contributed by atoms with Crippen molar-refractivity contribution in [2.24, 2.45) is 5.92 Å². The van der Waals surface area contributed by atoms with Crippen LogP contribution in [0.1, 0.15) is 154 Å². The van der Waals surface area contributed by atoms with E-state index in [9.17, 15) is 14.4 Å². The van der Waals surface area contributed by atoms with E-state index >= 15 is 0 Å². The highest BCUT2D eigenvalue weighted by Crippen LogP contribution is 2.17. The van der Waals surface area contributed by atoms with Gasteiger partial charge in [0.25, 0.3) is 0 Å². The maximum Gasteiger partial charge on any atom is 0.310 e. The second-order valence-electron chi connectivity index (χ2n) is 14.7. The summed E-state index contributed by atoms with van der Waals surface area (Å²) in [5.74, 6) is -2.01. The van der Waals surface area contributed by atoms with E-state index in [0.717, 1.165) is 95.5 Å². The average Bonchev–Trinajstić information content (AvgIpc) is 3.23. The van der Waals surface area contributed by atoms with E-state index in [4.69, 9.17) is 15.3 Å². The predicted octanol–water partition coefficient (Wildman–Crippen LogP) is 15.6. The number of benzene rings is 1. The Bertz CT molecular complexity index is 1560. The third-order valence-corrected chi connectivity index (χ3v) is 8.53. The molecule has 61 heavy (non-hydrogen) atoms. The molecule has 6 heteroatoms. The number of rotatable bonds is 31. The van der Waals surface area contributed by atoms with Crippen molar-refractivity contribution in [3.8, 4) is 0 Å². The number of carbonyl (C=O) groups is 3. The fourth-order valence-electron chi connectivity index (χ4n) is 5.14. The minimum Gasteiger partial charge on any atom is -0.481 e. The molecule has 0 aliphatic rings. The fourth-order valence-corrected chi connectivity index (χ4v) is 5.14. The zero-order valence-electron chi connectivity index (χ0n) is 38.3. The molecule has 1 unspecified atom stereocenters. The Kier molecular flexibility index (Phi) is 43.5. The van der Waals surface area contributed by atoms with Crippen molar-refractivity contribution < 1.29 is 29.7 Å². The normalized spacial score (nSPS) is 12.9. The lowest BCUT2D eigenvalue weighted by Gasteiger charge is -2.09. The van der Waals surface area contributed by atoms with Crippen molar-refractivity contribution in [2.45, 2.75) is 150 Å². The summed E-state index contributed by atoms with van der Waals surface area (Å²) in [6.45, 7) is 10.3. The van der Waals surface area contributed by atoms with Crippen LogP contribution >= 0.6 is 0 Å². The first-order valence-corrected chi connectivity index (χ1v) is 22.4. The number of carboxylic acids is 3. The molecular formula is C55H80O6. The first-order valence-electron chi connectivity index (χ1n) is 22.4. The minimum absolute atomic E-state index is 0.210. The van der Waals surface area contributed by atoms with E-state index in [1.807, 2.05) is 36.4 Å². The van der Waals surface area contributed by atoms with Gasteiger partial charge in [0.2, 0.25) is 0 Å². The molecule has 0 aliphatic carbocycles. The van der Waals surface area contributed by atoms with Gasteiger partial charge in [0.05, 0.1) is 5.92 Å². The Labute approximate surface area is 371 Å². The van der Waals surface area contributed by atoms with Gasteiger partial charge < -0.3 is 15.3 Å². The van der Waals surface area contributed by atoms with Crippen LogP contribution in [0.15, 0.2) is 158 Å². The quantitative estimate of drug-likeness (QED) is 0.0507. The summed E-state index contributed by atoms with van der Waals surface area (Å²) in [5, 5.41) is 25.8. The molecule has 0 aromatic heterocycles. The molecule has 336 valence electrons. The molecule has 0 amide bonds. The highest BCUT2D eigenvalue weighted by molar-refractivity contribution is 5.75. The van der Waals surface area contributed by atoms with Gasteiger partial charge in [-0.15, -0.1) is 0 Å². The van der Waals surface area contributed by atoms with E-state index in [-0.39, 0.29) is 12.8 Å². The molecule has 3 N–H and O–H groups in total. The summed E-state index contributed by atoms with van der Waals surface area (Å²) >= 11 is 0. The summed E-state index contributed by atoms with van der Waals surface area (Å²) in [7, 11) is 0. The van der Waals surface area contributed by atoms with Gasteiger partial charge in [-0.25, -0.2) is 0 Å². The average molecular weight is 837 g/mol. The second kappa shape index (κ2) is 45.8. The molecule has 0 fully saturated rings. The monoisotopic (exact) mass is 837 g/mol. The van der Waals surface area contributed by atoms with Gasteiger partial charge in [-0.05, 0) is 120 Å². The molecule has 6 nitrogen and oxygen atoms in total. The highest BCUT2D eigenvalue weighted by atomic mass is 16.4. The van der Waals surface area contributed by atoms with Crippen molar-refractivity contribution in [1.29, 1.82) is 0 Å². The van der Waals surface area contributed by atoms with Crippen molar-refractivity contribution >= 4 is 17.9 Å². The molecule has 1 aromatic carbocycles. The van der Waals surface area contributed by atoms with Crippen LogP contribution in [0.25, 0.3) is 0 Å². The first kappa shape index (κ1) is 57.9. The third-order valence-electron chi connectivity index (χ3n) is 8.53. The highest BCUT2D eigenvalue weighted by Gasteiger charge is 2.13. The lowest BCUT2D eigenvalue weighted by molar-refractivity contribution is -0.139. The van der Waals surface area contributed by atoms with Crippen LogP contribution in [0.2, 0.25) is 0 Å². The van der Waals surface area contributed by atoms with Gasteiger partial charge in [-0.3, -0.25) is 14.4 Å². The zero-order chi connectivity index (χ0) is 45.4. The van der Waals surface area contributed by atoms with E-state index in [1.54, 1.807) is 6.92 Å². The maximum atomic E-state index is 10.8. The number of aliphatic carboxylic acids is 3. The largest absolute Gasteiger partial charge is 0.481 e. The van der Waals surface area contributed by atoms with Crippen molar-refractivity contribution in [2.75, 3.05) is 0 Å². The number of unbranched alkanes of at least 4 members (excludes halogenated alkanes) is 1. The smallest absolute Gasteiger partial charge is 0.310 e. The standard InChI is InChI=1S/C22H32O2.C20H30O2.C13H18O2/c1-2-3-4-5-6-7-8-9-10-11-12-13-14-15-16-17-18-19-20-21-22(23)24;1-2-3-4-5-6-7-8-9-10-11-12-13-14-15-16-17-18-19-20(21)22;1-9(2)8-11-4-6-12(7-5-11)10(3)13(14)15/h3-4,6-7,9-10,12-13,15-16,18-19H,2,5,8,11,14,17,20-21H2,1H3,(H,23,24);3-4,6-7,9-10,12-13,15-16H,2,5,8,11,14,17-19H2,1H3,(H,21,22);4-7,9-10H,8H2,1-3H3,(H,14,15)/b4-3-,7-6-,10-9-,13-12-,16-15-,19-18-;4-3-,7-6-,10-9-,13-12-,16-15-;. The Morgan fingerprint density at radius 2 is 0.754 bits per heavy atom. The molecule has 0 spiro atoms. The van der Waals surface area contributed by atoms with Crippen LogP contribution in [0.5, 0.6) is 0 Å². The molecule has 1 atom stereocenters. The van der Waals surface area contributed by atoms with Crippen LogP contribution in [0.3, 0.4) is 0 Å². The third kappa shape index (κ3) is 47.3. The number of hydrogen-bond donors (Lipinski definition) is 3. The van der Waals surface area contributed by atoms with Gasteiger partial charge in [-0.1, -0.05) is 186 Å². The van der Waals surface area contributed by atoms with Crippen molar-refractivity contribution in [3.63, 3.8) is 0 Å². The van der Waals surface area contributed by atoms with E-state index in [0.29, 0.717) is 12.3 Å². The Balaban J connectivity index is 0. The van der Waals surface area contributed by atoms with Crippen LogP contribution < -0.4 is 0 Å². The summed E-state index contributed by atoms with van der Waals surface area (Å²) in [6.07, 6.45) is 61.9. The molecule has 0 radical (unpaired) electrons. The molecule has 0 aliphatic heterocycles. The van der Waals surface area contributed by atoms with Crippen LogP contribution in [-0.4, -0.2) is 33.2 Å². The molecule has 1 rings (SSSR count). The van der Waals surface area contributed by atoms with Gasteiger partial charge in [-0.2, -0.15) is 0 Å². The van der Waals surface area contributed by atoms with E-state index in [2.05, 4.69) is 149 Å². The Hall–Kier alpha value is -5.23. The summed E-state index contributed by atoms with van der Waals surface area (Å²) < 4.78 is 0. The molecule has 0 heterocycles. The van der Waals surface area contributed by atoms with Gasteiger partial charge in [0.1, 0.15) is 0 Å². The Morgan fingerprint density at radius 3 is 1.05 bits per heavy atom. The number of hydrogen-bond acceptors (Lipinski definition) is 3. The summed E-state index contributed by atoms with van der Waals surface area (Å²) in [4.78, 5) is 31.4. The topological polar surface area (TPSA) is 112 Å². The first-order chi connectivity index (χ1) is 29.5. The number of allylic oxidation sites excluding steroid dienone is 22. The summed E-state index contributed by atoms with van der Waals surface area (Å²) in [6, 6.07) is 7.87. The predicted molar refractivity (Wildman–Crippen MR) is 262 cm³/mol. The maximum absolute atomic E-state index is 10.8. The van der Waals surface area contributed by atoms with E-state index in [1.165, 1.54) is 5.56 Å². The van der Waals surface area contributed by atoms with Crippen LogP contribution in [0.4, 0.5) is 0 Å². The molecule has 0 saturated carbocycles. The fraction of sp³-hybridized carbons (Fsp3) is 0.436. The SMILES string of the molecule is CC(C)Cc1ccc(C(C)C(=O)O)cc1.CC/C=C\C/C=C\C/C=C\C/C=C\C/C=C\C/C=C\CCC(=O)O.CC/C=C\C/C=C\C/C=C\C/C=C\C/C=C\CCCC(=O)O. The van der Waals surface area contributed by atoms with Crippen LogP contribution in [0, 0.1) is 5.92 Å². The lowest BCUT2D eigenvalue weighted by atomic mass is 9.97. The second-order valence-corrected chi connectivity index (χ2v) is 14.7. The van der Waals surface area contributed by atoms with E-state index < -0.39 is 23.8 Å². The molecule has 1 aromatic rings. The molecular weight excluding hydrogens is 757 g/mol. The molecule has 0 saturated heterocycles. The number of carboxylic acid groups (broad SMARTS) is 3. The Morgan fingerprint density at radius 1 is 0.443 bits per heavy atom. The van der Waals surface area contributed by atoms with Gasteiger partial charge >= 0.3 is 17.9 Å². The summed E-state index contributed by atoms with van der Waals surface area (Å²) in [5.41, 5.74) is 2.14. The molecule has 0 bridgehead atoms. The van der Waals surface area contributed by atoms with Crippen LogP contribution in [-0.2, 0) is 20.8 Å². The van der Waals surface area contributed by atoms with Crippen molar-refractivity contribution in [3.05, 3.63) is 169 Å².